The number of guanidine groups is 1. The van der Waals surface area contributed by atoms with Gasteiger partial charge < -0.3 is 19.4 Å². The Bertz CT molecular complexity index is 1040. The van der Waals surface area contributed by atoms with Crippen LogP contribution < -0.4 is 15.4 Å². The molecule has 0 aliphatic rings. The maximum atomic E-state index is 9.00. The van der Waals surface area contributed by atoms with Crippen molar-refractivity contribution in [2.45, 2.75) is 12.3 Å². The normalized spacial score (nSPS) is 11.6. The molecule has 0 unspecified atom stereocenters. The summed E-state index contributed by atoms with van der Waals surface area (Å²) in [6.45, 7) is 1.45. The zero-order valence-corrected chi connectivity index (χ0v) is 18.8. The third-order valence-electron chi connectivity index (χ3n) is 3.94. The van der Waals surface area contributed by atoms with Crippen molar-refractivity contribution in [3.05, 3.63) is 41.9 Å². The smallest absolute Gasteiger partial charge is 0.213 e. The quantitative estimate of drug-likeness (QED) is 0.170. The molecule has 0 radical (unpaired) electrons. The lowest BCUT2D eigenvalue weighted by Gasteiger charge is -2.07. The lowest BCUT2D eigenvalue weighted by molar-refractivity contribution is 0.344. The van der Waals surface area contributed by atoms with Crippen LogP contribution >= 0.6 is 23.1 Å². The second-order valence-corrected chi connectivity index (χ2v) is 8.73. The van der Waals surface area contributed by atoms with Gasteiger partial charge in [-0.05, 0) is 44.4 Å². The van der Waals surface area contributed by atoms with Crippen molar-refractivity contribution in [2.75, 3.05) is 33.5 Å². The van der Waals surface area contributed by atoms with Crippen LogP contribution in [-0.4, -0.2) is 49.3 Å². The first-order chi connectivity index (χ1) is 14.6. The first kappa shape index (κ1) is 22.0. The maximum absolute atomic E-state index is 9.00. The van der Waals surface area contributed by atoms with Crippen LogP contribution in [0, 0.1) is 11.5 Å². The van der Waals surface area contributed by atoms with Crippen LogP contribution in [0.15, 0.2) is 39.7 Å². The fraction of sp³-hybridized carbons (Fsp3) is 0.350. The molecule has 0 saturated heterocycles. The average Bonchev–Trinajstić information content (AvgIpc) is 3.32. The van der Waals surface area contributed by atoms with Gasteiger partial charge in [0.2, 0.25) is 11.1 Å². The van der Waals surface area contributed by atoms with Crippen molar-refractivity contribution in [1.82, 2.24) is 20.5 Å². The Kier molecular flexibility index (Phi) is 7.96. The number of thioether (sulfide) groups is 1. The highest BCUT2D eigenvalue weighted by atomic mass is 32.2. The van der Waals surface area contributed by atoms with E-state index in [1.165, 1.54) is 11.3 Å². The van der Waals surface area contributed by atoms with E-state index in [1.807, 2.05) is 50.6 Å². The monoisotopic (exact) mass is 444 g/mol. The summed E-state index contributed by atoms with van der Waals surface area (Å²) in [5.74, 6) is 4.73. The average molecular weight is 445 g/mol. The van der Waals surface area contributed by atoms with Crippen molar-refractivity contribution in [3.8, 4) is 11.9 Å². The van der Waals surface area contributed by atoms with E-state index < -0.39 is 0 Å². The van der Waals surface area contributed by atoms with Crippen LogP contribution in [0.5, 0.6) is 5.75 Å². The molecule has 3 aromatic rings. The third kappa shape index (κ3) is 6.38. The molecule has 3 rings (SSSR count). The number of ether oxygens (including phenoxy) is 1. The molecule has 2 aromatic heterocycles. The molecule has 0 saturated carbocycles. The number of nitrogens with zero attached hydrogens (tertiary/aromatic N) is 4. The summed E-state index contributed by atoms with van der Waals surface area (Å²) in [5.41, 5.74) is 0.846. The molecule has 0 bridgehead atoms. The van der Waals surface area contributed by atoms with Gasteiger partial charge in [-0.15, -0.1) is 0 Å². The predicted octanol–water partition coefficient (Wildman–Crippen LogP) is 3.54. The minimum Gasteiger partial charge on any atom is -0.497 e. The topological polar surface area (TPSA) is 98.7 Å². The van der Waals surface area contributed by atoms with Crippen LogP contribution in [0.2, 0.25) is 0 Å². The van der Waals surface area contributed by atoms with Crippen molar-refractivity contribution in [1.29, 1.82) is 5.26 Å². The van der Waals surface area contributed by atoms with Gasteiger partial charge in [0.15, 0.2) is 6.19 Å². The highest BCUT2D eigenvalue weighted by Crippen LogP contribution is 2.30. The molecule has 0 amide bonds. The van der Waals surface area contributed by atoms with Crippen molar-refractivity contribution in [2.24, 2.45) is 4.99 Å². The molecule has 0 atom stereocenters. The number of nitrogens with one attached hydrogen (secondary N) is 2. The molecule has 2 heterocycles. The van der Waals surface area contributed by atoms with E-state index in [1.54, 1.807) is 18.9 Å². The minimum atomic E-state index is 0.385. The summed E-state index contributed by atoms with van der Waals surface area (Å²) < 4.78 is 12.0. The van der Waals surface area contributed by atoms with E-state index >= 15 is 0 Å². The van der Waals surface area contributed by atoms with Gasteiger partial charge in [-0.2, -0.15) is 22.0 Å². The number of hydrogen-bond donors (Lipinski definition) is 2. The molecule has 10 heteroatoms. The molecule has 1 aromatic carbocycles. The lowest BCUT2D eigenvalue weighted by Crippen LogP contribution is -2.35. The Morgan fingerprint density at radius 3 is 2.93 bits per heavy atom. The van der Waals surface area contributed by atoms with Gasteiger partial charge in [-0.25, -0.2) is 4.98 Å². The van der Waals surface area contributed by atoms with Gasteiger partial charge in [-0.3, -0.25) is 5.32 Å². The Labute approximate surface area is 183 Å². The second kappa shape index (κ2) is 10.9. The SMILES string of the molecule is COc1ccc2nc(/N=C(\NC#N)NCCSCc3ccc(CN(C)C)o3)sc2c1. The van der Waals surface area contributed by atoms with E-state index in [0.29, 0.717) is 17.6 Å². The van der Waals surface area contributed by atoms with E-state index in [2.05, 4.69) is 25.5 Å². The van der Waals surface area contributed by atoms with Crippen LogP contribution in [0.3, 0.4) is 0 Å². The largest absolute Gasteiger partial charge is 0.497 e. The van der Waals surface area contributed by atoms with E-state index in [9.17, 15) is 0 Å². The molecular weight excluding hydrogens is 420 g/mol. The number of methoxy groups -OCH3 is 1. The Morgan fingerprint density at radius 1 is 1.33 bits per heavy atom. The molecular formula is C20H24N6O2S2. The number of rotatable bonds is 9. The molecule has 158 valence electrons. The van der Waals surface area contributed by atoms with Gasteiger partial charge in [0.05, 0.1) is 29.6 Å². The van der Waals surface area contributed by atoms with Gasteiger partial charge in [0.25, 0.3) is 0 Å². The number of hydrogen-bond acceptors (Lipinski definition) is 8. The number of aromatic nitrogens is 1. The summed E-state index contributed by atoms with van der Waals surface area (Å²) in [6, 6.07) is 9.71. The summed E-state index contributed by atoms with van der Waals surface area (Å²) in [5, 5.41) is 15.3. The Hall–Kier alpha value is -2.74. The minimum absolute atomic E-state index is 0.385. The Morgan fingerprint density at radius 2 is 2.17 bits per heavy atom. The molecule has 8 nitrogen and oxygen atoms in total. The van der Waals surface area contributed by atoms with Crippen molar-refractivity contribution in [3.63, 3.8) is 0 Å². The molecule has 2 N–H and O–H groups in total. The predicted molar refractivity (Wildman–Crippen MR) is 122 cm³/mol. The molecule has 0 spiro atoms. The highest BCUT2D eigenvalue weighted by Gasteiger charge is 2.07. The zero-order valence-electron chi connectivity index (χ0n) is 17.1. The molecule has 30 heavy (non-hydrogen) atoms. The molecule has 0 aliphatic carbocycles. The summed E-state index contributed by atoms with van der Waals surface area (Å²) in [6.07, 6.45) is 1.91. The standard InChI is InChI=1S/C20H24N6O2S2/c1-26(2)11-15-4-5-16(28-15)12-29-9-8-22-19(23-13-21)25-20-24-17-7-6-14(27-3)10-18(17)30-20/h4-7,10H,8-9,11-12H2,1-3H3,(H2,22,23,24,25). The van der Waals surface area contributed by atoms with Crippen molar-refractivity contribution < 1.29 is 9.15 Å². The van der Waals surface area contributed by atoms with Crippen LogP contribution in [0.4, 0.5) is 5.13 Å². The van der Waals surface area contributed by atoms with Crippen LogP contribution in [-0.2, 0) is 12.3 Å². The first-order valence-corrected chi connectivity index (χ1v) is 11.3. The summed E-state index contributed by atoms with van der Waals surface area (Å²) in [7, 11) is 5.66. The molecule has 0 aliphatic heterocycles. The number of aliphatic imine (C=N–C) groups is 1. The summed E-state index contributed by atoms with van der Waals surface area (Å²) >= 11 is 3.19. The maximum Gasteiger partial charge on any atom is 0.213 e. The number of benzene rings is 1. The third-order valence-corrected chi connectivity index (χ3v) is 5.83. The van der Waals surface area contributed by atoms with Gasteiger partial charge in [0, 0.05) is 12.3 Å². The fourth-order valence-corrected chi connectivity index (χ4v) is 4.26. The lowest BCUT2D eigenvalue weighted by atomic mass is 10.3. The van der Waals surface area contributed by atoms with Gasteiger partial charge in [-0.1, -0.05) is 11.3 Å². The summed E-state index contributed by atoms with van der Waals surface area (Å²) in [4.78, 5) is 11.0. The van der Waals surface area contributed by atoms with Gasteiger partial charge >= 0.3 is 0 Å². The zero-order chi connectivity index (χ0) is 21.3. The Balaban J connectivity index is 1.50. The van der Waals surface area contributed by atoms with E-state index in [-0.39, 0.29) is 0 Å². The van der Waals surface area contributed by atoms with Crippen molar-refractivity contribution >= 4 is 44.4 Å². The second-order valence-electron chi connectivity index (χ2n) is 6.61. The highest BCUT2D eigenvalue weighted by molar-refractivity contribution is 7.98. The first-order valence-electron chi connectivity index (χ1n) is 9.29. The number of fused-ring (bicyclic) bond motifs is 1. The fourth-order valence-electron chi connectivity index (χ4n) is 2.64. The van der Waals surface area contributed by atoms with E-state index in [4.69, 9.17) is 14.4 Å². The number of thiazole rings is 1. The van der Waals surface area contributed by atoms with Crippen LogP contribution in [0.1, 0.15) is 11.5 Å². The van der Waals surface area contributed by atoms with E-state index in [0.717, 1.165) is 45.5 Å². The number of furan rings is 1. The van der Waals surface area contributed by atoms with Crippen LogP contribution in [0.25, 0.3) is 10.2 Å². The number of nitriles is 1. The van der Waals surface area contributed by atoms with Gasteiger partial charge in [0.1, 0.15) is 17.3 Å². The molecule has 0 fully saturated rings.